The molecule has 0 spiro atoms. The summed E-state index contributed by atoms with van der Waals surface area (Å²) in [4.78, 5) is 16.8. The molecule has 1 atom stereocenters. The van der Waals surface area contributed by atoms with E-state index >= 15 is 0 Å². The van der Waals surface area contributed by atoms with Crippen LogP contribution in [0, 0.1) is 0 Å². The van der Waals surface area contributed by atoms with Crippen LogP contribution in [-0.4, -0.2) is 39.8 Å². The highest BCUT2D eigenvalue weighted by Crippen LogP contribution is 2.34. The first kappa shape index (κ1) is 19.8. The van der Waals surface area contributed by atoms with E-state index in [-0.39, 0.29) is 34.2 Å². The first-order chi connectivity index (χ1) is 13.8. The van der Waals surface area contributed by atoms with Crippen LogP contribution in [0.1, 0.15) is 29.0 Å². The highest BCUT2D eigenvalue weighted by Gasteiger charge is 2.36. The molecule has 6 nitrogen and oxygen atoms in total. The maximum absolute atomic E-state index is 13.7. The number of carbonyl (C=O) groups excluding carboxylic acids is 1. The molecule has 1 N–H and O–H groups in total. The van der Waals surface area contributed by atoms with Crippen LogP contribution in [0.4, 0.5) is 13.2 Å². The van der Waals surface area contributed by atoms with Crippen molar-refractivity contribution in [3.8, 4) is 11.3 Å². The third-order valence-corrected chi connectivity index (χ3v) is 5.35. The molecular weight excluding hydrogens is 453 g/mol. The van der Waals surface area contributed by atoms with Crippen molar-refractivity contribution in [2.45, 2.75) is 25.1 Å². The highest BCUT2D eigenvalue weighted by atomic mass is 79.9. The Hall–Kier alpha value is -2.46. The normalized spacial score (nSPS) is 17.0. The van der Waals surface area contributed by atoms with Gasteiger partial charge in [-0.1, -0.05) is 30.3 Å². The lowest BCUT2D eigenvalue weighted by Gasteiger charge is -2.11. The number of hydrogen-bond acceptors (Lipinski definition) is 4. The van der Waals surface area contributed by atoms with Gasteiger partial charge in [0.25, 0.3) is 5.91 Å². The van der Waals surface area contributed by atoms with Gasteiger partial charge in [0.05, 0.1) is 16.3 Å². The topological polar surface area (TPSA) is 68.5 Å². The fourth-order valence-corrected chi connectivity index (χ4v) is 3.71. The van der Waals surface area contributed by atoms with Gasteiger partial charge in [-0.25, -0.2) is 9.50 Å². The lowest BCUT2D eigenvalue weighted by molar-refractivity contribution is -0.142. The standard InChI is InChI=1S/C19H16BrF3N4O2/c20-15-16(18(28)24-10-12-7-4-8-29-12)26-27-14(19(21,22)23)9-13(25-17(15)27)11-5-2-1-3-6-11/h1-3,5-6,9,12H,4,7-8,10H2,(H,24,28). The van der Waals surface area contributed by atoms with Crippen molar-refractivity contribution in [3.63, 3.8) is 0 Å². The Morgan fingerprint density at radius 3 is 2.72 bits per heavy atom. The number of aromatic nitrogens is 3. The van der Waals surface area contributed by atoms with Gasteiger partial charge < -0.3 is 10.1 Å². The molecule has 0 aliphatic carbocycles. The van der Waals surface area contributed by atoms with Crippen molar-refractivity contribution in [3.05, 3.63) is 52.3 Å². The minimum absolute atomic E-state index is 0.0825. The summed E-state index contributed by atoms with van der Waals surface area (Å²) in [6.45, 7) is 0.910. The van der Waals surface area contributed by atoms with E-state index in [1.807, 2.05) is 0 Å². The molecule has 1 aliphatic heterocycles. The molecule has 0 bridgehead atoms. The number of hydrogen-bond donors (Lipinski definition) is 1. The number of rotatable bonds is 4. The van der Waals surface area contributed by atoms with E-state index in [2.05, 4.69) is 31.3 Å². The molecule has 29 heavy (non-hydrogen) atoms. The molecule has 3 aromatic rings. The van der Waals surface area contributed by atoms with E-state index in [0.29, 0.717) is 16.7 Å². The number of alkyl halides is 3. The Morgan fingerprint density at radius 1 is 1.31 bits per heavy atom. The van der Waals surface area contributed by atoms with E-state index in [1.165, 1.54) is 0 Å². The summed E-state index contributed by atoms with van der Waals surface area (Å²) >= 11 is 3.21. The van der Waals surface area contributed by atoms with Crippen LogP contribution in [-0.2, 0) is 10.9 Å². The highest BCUT2D eigenvalue weighted by molar-refractivity contribution is 9.10. The molecular formula is C19H16BrF3N4O2. The van der Waals surface area contributed by atoms with E-state index < -0.39 is 17.8 Å². The number of fused-ring (bicyclic) bond motifs is 1. The van der Waals surface area contributed by atoms with Gasteiger partial charge >= 0.3 is 6.18 Å². The third kappa shape index (κ3) is 3.99. The zero-order chi connectivity index (χ0) is 20.6. The Bertz CT molecular complexity index is 1050. The summed E-state index contributed by atoms with van der Waals surface area (Å²) in [5.74, 6) is -0.590. The van der Waals surface area contributed by atoms with Crippen LogP contribution < -0.4 is 5.32 Å². The molecule has 1 aromatic carbocycles. The van der Waals surface area contributed by atoms with Crippen molar-refractivity contribution in [1.82, 2.24) is 19.9 Å². The Labute approximate surface area is 172 Å². The molecule has 0 radical (unpaired) electrons. The van der Waals surface area contributed by atoms with Crippen LogP contribution in [0.25, 0.3) is 16.9 Å². The number of benzene rings is 1. The van der Waals surface area contributed by atoms with Gasteiger partial charge in [0, 0.05) is 18.7 Å². The van der Waals surface area contributed by atoms with E-state index in [0.717, 1.165) is 18.9 Å². The molecule has 0 saturated carbocycles. The molecule has 10 heteroatoms. The molecule has 3 heterocycles. The number of halogens is 4. The minimum Gasteiger partial charge on any atom is -0.376 e. The lowest BCUT2D eigenvalue weighted by Crippen LogP contribution is -2.32. The van der Waals surface area contributed by atoms with Crippen molar-refractivity contribution < 1.29 is 22.7 Å². The summed E-state index contributed by atoms with van der Waals surface area (Å²) < 4.78 is 47.3. The van der Waals surface area contributed by atoms with E-state index in [4.69, 9.17) is 4.74 Å². The van der Waals surface area contributed by atoms with Gasteiger partial charge in [-0.2, -0.15) is 18.3 Å². The zero-order valence-corrected chi connectivity index (χ0v) is 16.6. The monoisotopic (exact) mass is 468 g/mol. The lowest BCUT2D eigenvalue weighted by atomic mass is 10.1. The van der Waals surface area contributed by atoms with Crippen LogP contribution in [0.5, 0.6) is 0 Å². The fourth-order valence-electron chi connectivity index (χ4n) is 3.19. The van der Waals surface area contributed by atoms with Crippen molar-refractivity contribution in [1.29, 1.82) is 0 Å². The molecule has 4 rings (SSSR count). The van der Waals surface area contributed by atoms with Gasteiger partial charge in [0.1, 0.15) is 0 Å². The van der Waals surface area contributed by atoms with Gasteiger partial charge in [-0.15, -0.1) is 0 Å². The molecule has 1 amide bonds. The SMILES string of the molecule is O=C(NCC1CCCO1)c1nn2c(C(F)(F)F)cc(-c3ccccc3)nc2c1Br. The first-order valence-corrected chi connectivity index (χ1v) is 9.75. The molecule has 1 unspecified atom stereocenters. The van der Waals surface area contributed by atoms with Crippen LogP contribution in [0.2, 0.25) is 0 Å². The quantitative estimate of drug-likeness (QED) is 0.626. The maximum Gasteiger partial charge on any atom is 0.433 e. The smallest absolute Gasteiger partial charge is 0.376 e. The van der Waals surface area contributed by atoms with Gasteiger partial charge in [-0.05, 0) is 34.8 Å². The van der Waals surface area contributed by atoms with Gasteiger partial charge in [0.2, 0.25) is 0 Å². The van der Waals surface area contributed by atoms with Crippen LogP contribution in [0.15, 0.2) is 40.9 Å². The van der Waals surface area contributed by atoms with E-state index in [1.54, 1.807) is 30.3 Å². The Balaban J connectivity index is 1.76. The number of carbonyl (C=O) groups is 1. The van der Waals surface area contributed by atoms with Gasteiger partial charge in [0.15, 0.2) is 17.0 Å². The molecule has 152 valence electrons. The van der Waals surface area contributed by atoms with Crippen LogP contribution >= 0.6 is 15.9 Å². The predicted octanol–water partition coefficient (Wildman–Crippen LogP) is 4.09. The molecule has 1 aliphatic rings. The Kier molecular flexibility index (Phi) is 5.30. The second kappa shape index (κ2) is 7.75. The first-order valence-electron chi connectivity index (χ1n) is 8.96. The Morgan fingerprint density at radius 2 is 2.07 bits per heavy atom. The van der Waals surface area contributed by atoms with E-state index in [9.17, 15) is 18.0 Å². The number of nitrogens with zero attached hydrogens (tertiary/aromatic N) is 3. The van der Waals surface area contributed by atoms with Crippen molar-refractivity contribution in [2.75, 3.05) is 13.2 Å². The van der Waals surface area contributed by atoms with Crippen LogP contribution in [0.3, 0.4) is 0 Å². The average Bonchev–Trinajstić information content (AvgIpc) is 3.33. The molecule has 1 saturated heterocycles. The second-order valence-corrected chi connectivity index (χ2v) is 7.43. The zero-order valence-electron chi connectivity index (χ0n) is 15.0. The predicted molar refractivity (Wildman–Crippen MR) is 102 cm³/mol. The minimum atomic E-state index is -4.68. The maximum atomic E-state index is 13.7. The van der Waals surface area contributed by atoms with Crippen molar-refractivity contribution >= 4 is 27.5 Å². The summed E-state index contributed by atoms with van der Waals surface area (Å²) in [6, 6.07) is 9.44. The molecule has 1 fully saturated rings. The fraction of sp³-hybridized carbons (Fsp3) is 0.316. The largest absolute Gasteiger partial charge is 0.433 e. The molecule has 2 aromatic heterocycles. The summed E-state index contributed by atoms with van der Waals surface area (Å²) in [5, 5.41) is 6.56. The number of nitrogens with one attached hydrogen (secondary N) is 1. The summed E-state index contributed by atoms with van der Waals surface area (Å²) in [7, 11) is 0. The van der Waals surface area contributed by atoms with Gasteiger partial charge in [-0.3, -0.25) is 4.79 Å². The summed E-state index contributed by atoms with van der Waals surface area (Å²) in [6.07, 6.45) is -3.03. The summed E-state index contributed by atoms with van der Waals surface area (Å²) in [5.41, 5.74) is -0.595. The number of ether oxygens (including phenoxy) is 1. The number of amides is 1. The third-order valence-electron chi connectivity index (χ3n) is 4.62. The average molecular weight is 469 g/mol. The van der Waals surface area contributed by atoms with Crippen molar-refractivity contribution in [2.24, 2.45) is 0 Å². The second-order valence-electron chi connectivity index (χ2n) is 6.63.